The number of hydrogen-bond donors (Lipinski definition) is 2. The molecule has 0 aromatic heterocycles. The van der Waals surface area contributed by atoms with Crippen molar-refractivity contribution in [2.24, 2.45) is 10.2 Å². The summed E-state index contributed by atoms with van der Waals surface area (Å²) in [5.41, 5.74) is -0.120. The largest absolute Gasteiger partial charge is 0.352 e. The normalized spacial score (nSPS) is 20.9. The molecular weight excluding hydrogens is 402 g/mol. The van der Waals surface area contributed by atoms with Gasteiger partial charge in [0.2, 0.25) is 11.8 Å². The molecule has 5 amide bonds. The SMILES string of the molecule is C#CCCC1(CCNC(=O)c2ccc3c(c2)C(=O)N(C2CCC(=O)NC2=O)C3=O)N=N1. The second kappa shape index (κ2) is 7.75. The van der Waals surface area contributed by atoms with Gasteiger partial charge in [-0.1, -0.05) is 0 Å². The first-order chi connectivity index (χ1) is 14.8. The highest BCUT2D eigenvalue weighted by molar-refractivity contribution is 6.24. The molecule has 0 spiro atoms. The molecule has 0 bridgehead atoms. The van der Waals surface area contributed by atoms with Gasteiger partial charge in [-0.3, -0.25) is 34.2 Å². The zero-order chi connectivity index (χ0) is 22.2. The Bertz CT molecular complexity index is 1080. The number of hydrogen-bond acceptors (Lipinski definition) is 7. The van der Waals surface area contributed by atoms with Crippen molar-refractivity contribution in [3.8, 4) is 12.3 Å². The molecule has 10 heteroatoms. The van der Waals surface area contributed by atoms with Gasteiger partial charge in [-0.15, -0.1) is 12.3 Å². The summed E-state index contributed by atoms with van der Waals surface area (Å²) in [5.74, 6) is -0.265. The highest BCUT2D eigenvalue weighted by atomic mass is 16.2. The summed E-state index contributed by atoms with van der Waals surface area (Å²) in [7, 11) is 0. The van der Waals surface area contributed by atoms with Gasteiger partial charge in [0.05, 0.1) is 11.1 Å². The molecule has 1 aromatic rings. The molecule has 31 heavy (non-hydrogen) atoms. The van der Waals surface area contributed by atoms with Gasteiger partial charge in [0.1, 0.15) is 6.04 Å². The van der Waals surface area contributed by atoms with Crippen molar-refractivity contribution < 1.29 is 24.0 Å². The standard InChI is InChI=1S/C21H19N5O5/c1-2-3-8-21(24-25-21)9-10-22-17(28)12-4-5-13-14(11-12)20(31)26(19(13)30)15-6-7-16(27)23-18(15)29/h1,4-5,11,15H,3,6-10H2,(H,22,28)(H,23,27,29). The average molecular weight is 421 g/mol. The molecule has 1 unspecified atom stereocenters. The van der Waals surface area contributed by atoms with E-state index in [9.17, 15) is 24.0 Å². The van der Waals surface area contributed by atoms with E-state index in [1.807, 2.05) is 0 Å². The van der Waals surface area contributed by atoms with Gasteiger partial charge in [-0.2, -0.15) is 10.2 Å². The van der Waals surface area contributed by atoms with Crippen LogP contribution in [-0.4, -0.2) is 52.7 Å². The predicted molar refractivity (Wildman–Crippen MR) is 106 cm³/mol. The van der Waals surface area contributed by atoms with Gasteiger partial charge in [0.15, 0.2) is 5.66 Å². The van der Waals surface area contributed by atoms with Crippen molar-refractivity contribution in [2.75, 3.05) is 6.54 Å². The molecule has 1 atom stereocenters. The number of piperidine rings is 1. The fourth-order valence-corrected chi connectivity index (χ4v) is 3.76. The molecule has 0 aliphatic carbocycles. The number of carbonyl (C=O) groups excluding carboxylic acids is 5. The van der Waals surface area contributed by atoms with E-state index in [4.69, 9.17) is 6.42 Å². The summed E-state index contributed by atoms with van der Waals surface area (Å²) in [4.78, 5) is 62.4. The Balaban J connectivity index is 1.42. The van der Waals surface area contributed by atoms with Crippen LogP contribution < -0.4 is 10.6 Å². The van der Waals surface area contributed by atoms with E-state index in [-0.39, 0.29) is 29.5 Å². The fourth-order valence-electron chi connectivity index (χ4n) is 3.76. The number of carbonyl (C=O) groups is 5. The molecule has 0 saturated carbocycles. The molecule has 3 aliphatic heterocycles. The lowest BCUT2D eigenvalue weighted by molar-refractivity contribution is -0.136. The molecule has 3 aliphatic rings. The van der Waals surface area contributed by atoms with Crippen LogP contribution in [0, 0.1) is 12.3 Å². The minimum Gasteiger partial charge on any atom is -0.352 e. The zero-order valence-electron chi connectivity index (χ0n) is 16.5. The first-order valence-electron chi connectivity index (χ1n) is 9.86. The van der Waals surface area contributed by atoms with E-state index < -0.39 is 41.2 Å². The Hall–Kier alpha value is -3.87. The van der Waals surface area contributed by atoms with Crippen LogP contribution in [0.1, 0.15) is 63.2 Å². The minimum atomic E-state index is -1.05. The third-order valence-corrected chi connectivity index (χ3v) is 5.57. The third-order valence-electron chi connectivity index (χ3n) is 5.57. The van der Waals surface area contributed by atoms with Crippen LogP contribution in [0.3, 0.4) is 0 Å². The number of terminal acetylenes is 1. The van der Waals surface area contributed by atoms with E-state index >= 15 is 0 Å². The van der Waals surface area contributed by atoms with Gasteiger partial charge in [-0.25, -0.2) is 0 Å². The monoisotopic (exact) mass is 421 g/mol. The summed E-state index contributed by atoms with van der Waals surface area (Å²) < 4.78 is 0. The van der Waals surface area contributed by atoms with Gasteiger partial charge in [0, 0.05) is 37.8 Å². The maximum atomic E-state index is 12.8. The van der Waals surface area contributed by atoms with E-state index in [1.54, 1.807) is 0 Å². The minimum absolute atomic E-state index is 0.0405. The molecule has 1 saturated heterocycles. The van der Waals surface area contributed by atoms with Crippen molar-refractivity contribution in [1.29, 1.82) is 0 Å². The zero-order valence-corrected chi connectivity index (χ0v) is 16.5. The topological polar surface area (TPSA) is 137 Å². The number of benzene rings is 1. The number of nitrogens with zero attached hydrogens (tertiary/aromatic N) is 3. The molecule has 158 valence electrons. The summed E-state index contributed by atoms with van der Waals surface area (Å²) in [6.07, 6.45) is 7.07. The maximum absolute atomic E-state index is 12.8. The van der Waals surface area contributed by atoms with E-state index in [1.165, 1.54) is 18.2 Å². The molecule has 0 radical (unpaired) electrons. The number of imide groups is 2. The van der Waals surface area contributed by atoms with Gasteiger partial charge in [-0.05, 0) is 24.6 Å². The van der Waals surface area contributed by atoms with Gasteiger partial charge >= 0.3 is 0 Å². The second-order valence-corrected chi connectivity index (χ2v) is 7.60. The van der Waals surface area contributed by atoms with Crippen LogP contribution in [0.4, 0.5) is 0 Å². The molecule has 2 N–H and O–H groups in total. The lowest BCUT2D eigenvalue weighted by atomic mass is 10.0. The Labute approximate surface area is 177 Å². The fraction of sp³-hybridized carbons (Fsp3) is 0.381. The average Bonchev–Trinajstić information content (AvgIpc) is 3.48. The Morgan fingerprint density at radius 3 is 2.61 bits per heavy atom. The molecule has 10 nitrogen and oxygen atoms in total. The molecule has 1 aromatic carbocycles. The van der Waals surface area contributed by atoms with E-state index in [0.717, 1.165) is 4.90 Å². The number of amides is 5. The van der Waals surface area contributed by atoms with Crippen molar-refractivity contribution in [2.45, 2.75) is 43.8 Å². The van der Waals surface area contributed by atoms with Crippen LogP contribution >= 0.6 is 0 Å². The highest BCUT2D eigenvalue weighted by Crippen LogP contribution is 2.36. The quantitative estimate of drug-likeness (QED) is 0.495. The highest BCUT2D eigenvalue weighted by Gasteiger charge is 2.45. The first kappa shape index (κ1) is 20.4. The van der Waals surface area contributed by atoms with Crippen LogP contribution in [0.25, 0.3) is 0 Å². The number of nitrogens with one attached hydrogen (secondary N) is 2. The van der Waals surface area contributed by atoms with Crippen molar-refractivity contribution in [3.63, 3.8) is 0 Å². The Kier molecular flexibility index (Phi) is 5.10. The number of fused-ring (bicyclic) bond motifs is 1. The molecule has 1 fully saturated rings. The third kappa shape index (κ3) is 3.82. The van der Waals surface area contributed by atoms with Crippen LogP contribution in [-0.2, 0) is 9.59 Å². The van der Waals surface area contributed by atoms with Crippen LogP contribution in [0.2, 0.25) is 0 Å². The lowest BCUT2D eigenvalue weighted by Crippen LogP contribution is -2.54. The summed E-state index contributed by atoms with van der Waals surface area (Å²) in [5, 5.41) is 12.9. The van der Waals surface area contributed by atoms with Crippen LogP contribution in [0.15, 0.2) is 28.4 Å². The summed E-state index contributed by atoms with van der Waals surface area (Å²) in [6.45, 7) is 0.322. The maximum Gasteiger partial charge on any atom is 0.262 e. The van der Waals surface area contributed by atoms with Crippen molar-refractivity contribution in [1.82, 2.24) is 15.5 Å². The predicted octanol–water partition coefficient (Wildman–Crippen LogP) is 0.783. The molecular formula is C21H19N5O5. The summed E-state index contributed by atoms with van der Waals surface area (Å²) in [6, 6.07) is 3.15. The van der Waals surface area contributed by atoms with Gasteiger partial charge < -0.3 is 5.32 Å². The second-order valence-electron chi connectivity index (χ2n) is 7.60. The molecule has 3 heterocycles. The lowest BCUT2D eigenvalue weighted by Gasteiger charge is -2.27. The van der Waals surface area contributed by atoms with E-state index in [0.29, 0.717) is 25.8 Å². The summed E-state index contributed by atoms with van der Waals surface area (Å²) >= 11 is 0. The molecule has 4 rings (SSSR count). The Morgan fingerprint density at radius 1 is 1.19 bits per heavy atom. The van der Waals surface area contributed by atoms with Gasteiger partial charge in [0.25, 0.3) is 17.7 Å². The Morgan fingerprint density at radius 2 is 1.94 bits per heavy atom. The first-order valence-corrected chi connectivity index (χ1v) is 9.86. The van der Waals surface area contributed by atoms with Crippen molar-refractivity contribution >= 4 is 29.5 Å². The van der Waals surface area contributed by atoms with E-state index in [2.05, 4.69) is 26.8 Å². The van der Waals surface area contributed by atoms with Crippen molar-refractivity contribution in [3.05, 3.63) is 34.9 Å². The van der Waals surface area contributed by atoms with Crippen LogP contribution in [0.5, 0.6) is 0 Å². The number of rotatable bonds is 7. The smallest absolute Gasteiger partial charge is 0.262 e.